The first-order valence-corrected chi connectivity index (χ1v) is 7.33. The van der Waals surface area contributed by atoms with Crippen molar-refractivity contribution in [1.29, 1.82) is 0 Å². The zero-order chi connectivity index (χ0) is 15.5. The molecule has 0 saturated carbocycles. The zero-order valence-electron chi connectivity index (χ0n) is 12.3. The maximum Gasteiger partial charge on any atom is 0.224 e. The van der Waals surface area contributed by atoms with E-state index in [-0.39, 0.29) is 11.3 Å². The van der Waals surface area contributed by atoms with E-state index in [1.54, 1.807) is 0 Å². The lowest BCUT2D eigenvalue weighted by atomic mass is 9.93. The Hall–Kier alpha value is -1.94. The number of hydrogen-bond donors (Lipinski definition) is 2. The van der Waals surface area contributed by atoms with Gasteiger partial charge in [0.25, 0.3) is 0 Å². The second-order valence-electron chi connectivity index (χ2n) is 5.88. The van der Waals surface area contributed by atoms with Crippen molar-refractivity contribution in [2.45, 2.75) is 20.3 Å². The Kier molecular flexibility index (Phi) is 4.58. The smallest absolute Gasteiger partial charge is 0.224 e. The van der Waals surface area contributed by atoms with Crippen LogP contribution >= 0.6 is 12.2 Å². The van der Waals surface area contributed by atoms with Crippen molar-refractivity contribution >= 4 is 33.9 Å². The fourth-order valence-electron chi connectivity index (χ4n) is 2.00. The highest BCUT2D eigenvalue weighted by molar-refractivity contribution is 7.80. The molecule has 0 aliphatic rings. The number of amides is 1. The van der Waals surface area contributed by atoms with Crippen LogP contribution in [0.15, 0.2) is 42.5 Å². The van der Waals surface area contributed by atoms with Crippen molar-refractivity contribution in [2.75, 3.05) is 6.54 Å². The second-order valence-corrected chi connectivity index (χ2v) is 6.32. The van der Waals surface area contributed by atoms with E-state index in [1.807, 2.05) is 50.2 Å². The van der Waals surface area contributed by atoms with Crippen molar-refractivity contribution in [3.63, 3.8) is 0 Å². The lowest BCUT2D eigenvalue weighted by Crippen LogP contribution is -2.41. The molecule has 0 bridgehead atoms. The van der Waals surface area contributed by atoms with E-state index in [9.17, 15) is 4.79 Å². The summed E-state index contributed by atoms with van der Waals surface area (Å²) in [7, 11) is 0. The van der Waals surface area contributed by atoms with Crippen molar-refractivity contribution < 1.29 is 4.79 Å². The van der Waals surface area contributed by atoms with Gasteiger partial charge in [0.15, 0.2) is 0 Å². The molecule has 0 aliphatic heterocycles. The van der Waals surface area contributed by atoms with E-state index in [2.05, 4.69) is 11.4 Å². The van der Waals surface area contributed by atoms with Gasteiger partial charge in [-0.25, -0.2) is 0 Å². The second kappa shape index (κ2) is 6.22. The SMILES string of the molecule is CC(C)(CNC(=O)Cc1ccc2ccccc2c1)C(N)=S. The summed E-state index contributed by atoms with van der Waals surface area (Å²) in [6.07, 6.45) is 0.359. The van der Waals surface area contributed by atoms with Crippen molar-refractivity contribution in [3.8, 4) is 0 Å². The van der Waals surface area contributed by atoms with Crippen molar-refractivity contribution in [1.82, 2.24) is 5.32 Å². The fourth-order valence-corrected chi connectivity index (χ4v) is 2.08. The molecule has 2 aromatic rings. The number of rotatable bonds is 5. The number of benzene rings is 2. The largest absolute Gasteiger partial charge is 0.393 e. The van der Waals surface area contributed by atoms with Crippen LogP contribution in [0.3, 0.4) is 0 Å². The van der Waals surface area contributed by atoms with Gasteiger partial charge in [-0.2, -0.15) is 0 Å². The number of carbonyl (C=O) groups excluding carboxylic acids is 1. The molecule has 0 unspecified atom stereocenters. The number of carbonyl (C=O) groups is 1. The predicted molar refractivity (Wildman–Crippen MR) is 91.2 cm³/mol. The van der Waals surface area contributed by atoms with E-state index in [0.29, 0.717) is 18.0 Å². The quantitative estimate of drug-likeness (QED) is 0.835. The lowest BCUT2D eigenvalue weighted by Gasteiger charge is -2.23. The van der Waals surface area contributed by atoms with E-state index in [0.717, 1.165) is 10.9 Å². The molecule has 0 aromatic heterocycles. The summed E-state index contributed by atoms with van der Waals surface area (Å²) in [5.74, 6) is -0.0189. The Morgan fingerprint density at radius 1 is 1.19 bits per heavy atom. The first-order valence-electron chi connectivity index (χ1n) is 6.93. The average molecular weight is 300 g/mol. The molecule has 2 rings (SSSR count). The summed E-state index contributed by atoms with van der Waals surface area (Å²) >= 11 is 4.99. The minimum absolute atomic E-state index is 0.0189. The molecule has 3 N–H and O–H groups in total. The Bertz CT molecular complexity index is 679. The van der Waals surface area contributed by atoms with Crippen LogP contribution in [0.25, 0.3) is 10.8 Å². The number of nitrogens with two attached hydrogens (primary N) is 1. The van der Waals surface area contributed by atoms with Gasteiger partial charge in [-0.15, -0.1) is 0 Å². The zero-order valence-corrected chi connectivity index (χ0v) is 13.2. The molecule has 0 heterocycles. The number of hydrogen-bond acceptors (Lipinski definition) is 2. The predicted octanol–water partition coefficient (Wildman–Crippen LogP) is 2.81. The van der Waals surface area contributed by atoms with Gasteiger partial charge >= 0.3 is 0 Å². The summed E-state index contributed by atoms with van der Waals surface area (Å²) in [6, 6.07) is 14.2. The molecule has 0 aliphatic carbocycles. The van der Waals surface area contributed by atoms with Gasteiger partial charge in [0.2, 0.25) is 5.91 Å². The molecule has 0 spiro atoms. The first-order chi connectivity index (χ1) is 9.88. The summed E-state index contributed by atoms with van der Waals surface area (Å²) in [5.41, 5.74) is 6.28. The van der Waals surface area contributed by atoms with Gasteiger partial charge in [0.05, 0.1) is 11.4 Å². The van der Waals surface area contributed by atoms with Crippen LogP contribution < -0.4 is 11.1 Å². The Morgan fingerprint density at radius 2 is 1.86 bits per heavy atom. The molecule has 0 atom stereocenters. The molecule has 0 fully saturated rings. The normalized spacial score (nSPS) is 11.3. The van der Waals surface area contributed by atoms with Gasteiger partial charge in [0.1, 0.15) is 0 Å². The molecular formula is C17H20N2OS. The fraction of sp³-hybridized carbons (Fsp3) is 0.294. The van der Waals surface area contributed by atoms with Crippen LogP contribution in [-0.2, 0) is 11.2 Å². The monoisotopic (exact) mass is 300 g/mol. The average Bonchev–Trinajstić information content (AvgIpc) is 2.45. The first kappa shape index (κ1) is 15.4. The summed E-state index contributed by atoms with van der Waals surface area (Å²) in [6.45, 7) is 4.30. The maximum absolute atomic E-state index is 12.0. The van der Waals surface area contributed by atoms with E-state index in [4.69, 9.17) is 18.0 Å². The van der Waals surface area contributed by atoms with Crippen molar-refractivity contribution in [2.24, 2.45) is 11.1 Å². The van der Waals surface area contributed by atoms with Crippen LogP contribution in [-0.4, -0.2) is 17.4 Å². The molecule has 3 nitrogen and oxygen atoms in total. The summed E-state index contributed by atoms with van der Waals surface area (Å²) in [4.78, 5) is 12.4. The van der Waals surface area contributed by atoms with Crippen molar-refractivity contribution in [3.05, 3.63) is 48.0 Å². The van der Waals surface area contributed by atoms with Gasteiger partial charge in [0, 0.05) is 12.0 Å². The third-order valence-electron chi connectivity index (χ3n) is 3.57. The molecule has 21 heavy (non-hydrogen) atoms. The molecule has 0 saturated heterocycles. The summed E-state index contributed by atoms with van der Waals surface area (Å²) in [5, 5.41) is 5.22. The minimum atomic E-state index is -0.367. The number of nitrogens with one attached hydrogen (secondary N) is 1. The van der Waals surface area contributed by atoms with Crippen LogP contribution in [0.5, 0.6) is 0 Å². The van der Waals surface area contributed by atoms with E-state index < -0.39 is 0 Å². The van der Waals surface area contributed by atoms with Gasteiger partial charge in [-0.05, 0) is 16.3 Å². The third kappa shape index (κ3) is 4.02. The maximum atomic E-state index is 12.0. The molecule has 0 radical (unpaired) electrons. The minimum Gasteiger partial charge on any atom is -0.393 e. The third-order valence-corrected chi connectivity index (χ3v) is 4.13. The van der Waals surface area contributed by atoms with Gasteiger partial charge < -0.3 is 11.1 Å². The van der Waals surface area contributed by atoms with Crippen LogP contribution in [0.4, 0.5) is 0 Å². The van der Waals surface area contributed by atoms with Crippen LogP contribution in [0.2, 0.25) is 0 Å². The highest BCUT2D eigenvalue weighted by atomic mass is 32.1. The standard InChI is InChI=1S/C17H20N2OS/c1-17(2,16(18)21)11-19-15(20)10-12-7-8-13-5-3-4-6-14(13)9-12/h3-9H,10-11H2,1-2H3,(H2,18,21)(H,19,20). The molecule has 110 valence electrons. The highest BCUT2D eigenvalue weighted by Gasteiger charge is 2.21. The Balaban J connectivity index is 2.00. The highest BCUT2D eigenvalue weighted by Crippen LogP contribution is 2.16. The molecule has 4 heteroatoms. The van der Waals surface area contributed by atoms with Crippen LogP contribution in [0.1, 0.15) is 19.4 Å². The van der Waals surface area contributed by atoms with E-state index in [1.165, 1.54) is 5.39 Å². The van der Waals surface area contributed by atoms with Gasteiger partial charge in [-0.3, -0.25) is 4.79 Å². The Labute approximate surface area is 130 Å². The van der Waals surface area contributed by atoms with E-state index >= 15 is 0 Å². The van der Waals surface area contributed by atoms with Crippen LogP contribution in [0, 0.1) is 5.41 Å². The molecule has 1 amide bonds. The Morgan fingerprint density at radius 3 is 2.52 bits per heavy atom. The number of thiocarbonyl (C=S) groups is 1. The molecular weight excluding hydrogens is 280 g/mol. The molecule has 2 aromatic carbocycles. The van der Waals surface area contributed by atoms with Gasteiger partial charge in [-0.1, -0.05) is 68.5 Å². The topological polar surface area (TPSA) is 55.1 Å². The lowest BCUT2D eigenvalue weighted by molar-refractivity contribution is -0.120. The summed E-state index contributed by atoms with van der Waals surface area (Å²) < 4.78 is 0. The number of fused-ring (bicyclic) bond motifs is 1.